The van der Waals surface area contributed by atoms with Crippen LogP contribution in [-0.4, -0.2) is 4.92 Å². The summed E-state index contributed by atoms with van der Waals surface area (Å²) < 4.78 is 0. The second kappa shape index (κ2) is 3.11. The third-order valence-electron chi connectivity index (χ3n) is 1.58. The third kappa shape index (κ3) is 1.56. The van der Waals surface area contributed by atoms with Gasteiger partial charge in [0.1, 0.15) is 0 Å². The molecule has 0 aliphatic heterocycles. The molecule has 1 rings (SSSR count). The van der Waals surface area contributed by atoms with Crippen molar-refractivity contribution < 1.29 is 4.92 Å². The summed E-state index contributed by atoms with van der Waals surface area (Å²) in [6.45, 7) is 3.40. The first-order chi connectivity index (χ1) is 5.52. The van der Waals surface area contributed by atoms with Gasteiger partial charge in [-0.15, -0.1) is 0 Å². The van der Waals surface area contributed by atoms with Crippen LogP contribution in [0.1, 0.15) is 11.1 Å². The van der Waals surface area contributed by atoms with Gasteiger partial charge in [0.15, 0.2) is 0 Å². The van der Waals surface area contributed by atoms with Gasteiger partial charge in [0.25, 0.3) is 5.69 Å². The lowest BCUT2D eigenvalue weighted by atomic mass is 10.1. The first-order valence-electron chi connectivity index (χ1n) is 3.36. The van der Waals surface area contributed by atoms with Gasteiger partial charge in [-0.3, -0.25) is 10.1 Å². The van der Waals surface area contributed by atoms with E-state index < -0.39 is 4.92 Å². The molecule has 0 unspecified atom stereocenters. The maximum absolute atomic E-state index is 10.4. The first kappa shape index (κ1) is 9.00. The molecule has 1 aromatic carbocycles. The maximum Gasteiger partial charge on any atom is 0.274 e. The molecular weight excluding hydrogens is 178 g/mol. The van der Waals surface area contributed by atoms with Gasteiger partial charge in [-0.2, -0.15) is 0 Å². The average molecular weight is 185 g/mol. The summed E-state index contributed by atoms with van der Waals surface area (Å²) in [5.74, 6) is 0. The normalized spacial score (nSPS) is 9.92. The molecule has 0 spiro atoms. The number of benzene rings is 1. The van der Waals surface area contributed by atoms with E-state index in [-0.39, 0.29) is 5.69 Å². The van der Waals surface area contributed by atoms with Gasteiger partial charge in [0, 0.05) is 11.6 Å². The summed E-state index contributed by atoms with van der Waals surface area (Å²) in [5.41, 5.74) is 1.27. The molecule has 12 heavy (non-hydrogen) atoms. The molecule has 63 valence electrons. The molecule has 0 bridgehead atoms. The van der Waals surface area contributed by atoms with Crippen LogP contribution in [0.5, 0.6) is 0 Å². The van der Waals surface area contributed by atoms with E-state index in [1.165, 1.54) is 6.07 Å². The Morgan fingerprint density at radius 2 is 2.08 bits per heavy atom. The van der Waals surface area contributed by atoms with Crippen molar-refractivity contribution in [1.29, 1.82) is 0 Å². The summed E-state index contributed by atoms with van der Waals surface area (Å²) in [5, 5.41) is 10.8. The van der Waals surface area contributed by atoms with Crippen LogP contribution in [0.15, 0.2) is 6.07 Å². The number of nitrogens with zero attached hydrogens (tertiary/aromatic N) is 1. The summed E-state index contributed by atoms with van der Waals surface area (Å²) in [4.78, 5) is 9.95. The number of hydrogen-bond donors (Lipinski definition) is 0. The van der Waals surface area contributed by atoms with E-state index in [0.717, 1.165) is 5.56 Å². The maximum atomic E-state index is 10.4. The summed E-state index contributed by atoms with van der Waals surface area (Å²) in [7, 11) is 0. The lowest BCUT2D eigenvalue weighted by Gasteiger charge is -1.99. The minimum absolute atomic E-state index is 0.0191. The van der Waals surface area contributed by atoms with Gasteiger partial charge < -0.3 is 0 Å². The third-order valence-corrected chi connectivity index (χ3v) is 1.97. The van der Waals surface area contributed by atoms with Crippen molar-refractivity contribution >= 4 is 17.3 Å². The zero-order valence-electron chi connectivity index (χ0n) is 6.72. The predicted octanol–water partition coefficient (Wildman–Crippen LogP) is 2.67. The van der Waals surface area contributed by atoms with Crippen LogP contribution in [0.4, 0.5) is 5.69 Å². The smallest absolute Gasteiger partial charge is 0.258 e. The molecule has 0 atom stereocenters. The molecule has 0 saturated carbocycles. The molecule has 1 radical (unpaired) electrons. The molecule has 1 aromatic rings. The number of halogens is 1. The van der Waals surface area contributed by atoms with Gasteiger partial charge in [-0.1, -0.05) is 11.6 Å². The van der Waals surface area contributed by atoms with Crippen molar-refractivity contribution in [2.75, 3.05) is 0 Å². The molecule has 0 aromatic heterocycles. The average Bonchev–Trinajstić information content (AvgIpc) is 1.96. The lowest BCUT2D eigenvalue weighted by Crippen LogP contribution is -1.92. The Kier molecular flexibility index (Phi) is 2.33. The van der Waals surface area contributed by atoms with Crippen molar-refractivity contribution in [2.24, 2.45) is 0 Å². The van der Waals surface area contributed by atoms with Crippen LogP contribution < -0.4 is 0 Å². The van der Waals surface area contributed by atoms with Crippen molar-refractivity contribution in [1.82, 2.24) is 0 Å². The Labute approximate surface area is 75.1 Å². The van der Waals surface area contributed by atoms with Crippen LogP contribution in [0.2, 0.25) is 5.02 Å². The highest BCUT2D eigenvalue weighted by molar-refractivity contribution is 6.31. The molecular formula is C8H7ClNO2. The standard InChI is InChI=1S/C8H7ClNO2/c1-5-3-6(2)8(10(11)12)4-7(5)9/h4H,1-2H3. The zero-order valence-corrected chi connectivity index (χ0v) is 7.47. The Balaban J connectivity index is 3.33. The number of nitro groups is 1. The second-order valence-corrected chi connectivity index (χ2v) is 2.92. The Bertz CT molecular complexity index is 336. The first-order valence-corrected chi connectivity index (χ1v) is 3.73. The fourth-order valence-electron chi connectivity index (χ4n) is 0.931. The fraction of sp³-hybridized carbons (Fsp3) is 0.250. The number of rotatable bonds is 1. The molecule has 0 amide bonds. The molecule has 0 aliphatic rings. The molecule has 0 saturated heterocycles. The van der Waals surface area contributed by atoms with Gasteiger partial charge >= 0.3 is 0 Å². The minimum atomic E-state index is -0.461. The highest BCUT2D eigenvalue weighted by Gasteiger charge is 2.12. The highest BCUT2D eigenvalue weighted by Crippen LogP contribution is 2.24. The van der Waals surface area contributed by atoms with E-state index in [4.69, 9.17) is 11.6 Å². The minimum Gasteiger partial charge on any atom is -0.258 e. The van der Waals surface area contributed by atoms with E-state index in [0.29, 0.717) is 10.6 Å². The molecule has 3 nitrogen and oxygen atoms in total. The van der Waals surface area contributed by atoms with Crippen molar-refractivity contribution in [3.63, 3.8) is 0 Å². The second-order valence-electron chi connectivity index (χ2n) is 2.51. The van der Waals surface area contributed by atoms with E-state index in [2.05, 4.69) is 6.07 Å². The van der Waals surface area contributed by atoms with Gasteiger partial charge in [-0.25, -0.2) is 0 Å². The van der Waals surface area contributed by atoms with E-state index in [9.17, 15) is 10.1 Å². The number of hydrogen-bond acceptors (Lipinski definition) is 2. The Hall–Kier alpha value is -1.09. The van der Waals surface area contributed by atoms with Gasteiger partial charge in [0.05, 0.1) is 9.95 Å². The van der Waals surface area contributed by atoms with E-state index in [1.54, 1.807) is 13.8 Å². The predicted molar refractivity (Wildman–Crippen MR) is 46.4 cm³/mol. The van der Waals surface area contributed by atoms with Gasteiger partial charge in [-0.05, 0) is 25.5 Å². The summed E-state index contributed by atoms with van der Waals surface area (Å²) in [6.07, 6.45) is 0. The Morgan fingerprint density at radius 1 is 1.50 bits per heavy atom. The largest absolute Gasteiger partial charge is 0.274 e. The Morgan fingerprint density at radius 3 is 2.58 bits per heavy atom. The quantitative estimate of drug-likeness (QED) is 0.498. The molecule has 0 aliphatic carbocycles. The zero-order chi connectivity index (χ0) is 9.30. The fourth-order valence-corrected chi connectivity index (χ4v) is 1.08. The molecule has 0 N–H and O–H groups in total. The number of nitro benzene ring substituents is 1. The summed E-state index contributed by atoms with van der Waals surface area (Å²) >= 11 is 5.69. The van der Waals surface area contributed by atoms with Gasteiger partial charge in [0.2, 0.25) is 0 Å². The molecule has 4 heteroatoms. The number of aryl methyl sites for hydroxylation is 2. The van der Waals surface area contributed by atoms with E-state index in [1.807, 2.05) is 0 Å². The topological polar surface area (TPSA) is 43.1 Å². The van der Waals surface area contributed by atoms with Crippen LogP contribution in [0.3, 0.4) is 0 Å². The van der Waals surface area contributed by atoms with Crippen LogP contribution >= 0.6 is 11.6 Å². The van der Waals surface area contributed by atoms with Crippen LogP contribution in [0.25, 0.3) is 0 Å². The van der Waals surface area contributed by atoms with Crippen LogP contribution in [-0.2, 0) is 0 Å². The van der Waals surface area contributed by atoms with E-state index >= 15 is 0 Å². The summed E-state index contributed by atoms with van der Waals surface area (Å²) in [6, 6.07) is 4.16. The molecule has 0 heterocycles. The van der Waals surface area contributed by atoms with Crippen molar-refractivity contribution in [3.8, 4) is 0 Å². The SMILES string of the molecule is Cc1[c]c(C)c([N+](=O)[O-])cc1Cl. The van der Waals surface area contributed by atoms with Crippen LogP contribution in [0, 0.1) is 30.0 Å². The monoisotopic (exact) mass is 184 g/mol. The van der Waals surface area contributed by atoms with Crippen molar-refractivity contribution in [2.45, 2.75) is 13.8 Å². The molecule has 0 fully saturated rings. The van der Waals surface area contributed by atoms with Crippen molar-refractivity contribution in [3.05, 3.63) is 38.4 Å². The lowest BCUT2D eigenvalue weighted by molar-refractivity contribution is -0.385. The highest BCUT2D eigenvalue weighted by atomic mass is 35.5.